The predicted octanol–water partition coefficient (Wildman–Crippen LogP) is 2.84. The maximum absolute atomic E-state index is 5.92. The van der Waals surface area contributed by atoms with Crippen LogP contribution in [0.5, 0.6) is 5.88 Å². The van der Waals surface area contributed by atoms with E-state index in [0.717, 1.165) is 23.3 Å². The topological polar surface area (TPSA) is 61.0 Å². The van der Waals surface area contributed by atoms with Crippen LogP contribution < -0.4 is 10.5 Å². The molecule has 4 heteroatoms. The van der Waals surface area contributed by atoms with Crippen LogP contribution in [0.15, 0.2) is 0 Å². The summed E-state index contributed by atoms with van der Waals surface area (Å²) in [5.41, 5.74) is 8.46. The van der Waals surface area contributed by atoms with Crippen LogP contribution >= 0.6 is 0 Å². The molecule has 0 aliphatic heterocycles. The van der Waals surface area contributed by atoms with Gasteiger partial charge in [0.2, 0.25) is 11.8 Å². The third kappa shape index (κ3) is 1.66. The molecule has 108 valence electrons. The number of anilines is 1. The maximum atomic E-state index is 5.92. The van der Waals surface area contributed by atoms with Gasteiger partial charge >= 0.3 is 0 Å². The molecule has 4 aliphatic carbocycles. The van der Waals surface area contributed by atoms with Gasteiger partial charge < -0.3 is 10.5 Å². The molecule has 1 heterocycles. The number of aromatic nitrogens is 2. The largest absolute Gasteiger partial charge is 0.481 e. The molecule has 4 fully saturated rings. The Balaban J connectivity index is 1.82. The van der Waals surface area contributed by atoms with E-state index in [4.69, 9.17) is 10.5 Å². The van der Waals surface area contributed by atoms with Gasteiger partial charge in [-0.3, -0.25) is 0 Å². The Hall–Kier alpha value is -1.32. The van der Waals surface area contributed by atoms with Crippen molar-refractivity contribution in [1.29, 1.82) is 0 Å². The molecule has 0 radical (unpaired) electrons. The highest BCUT2D eigenvalue weighted by molar-refractivity contribution is 5.40. The zero-order valence-corrected chi connectivity index (χ0v) is 12.4. The van der Waals surface area contributed by atoms with Gasteiger partial charge in [-0.25, -0.2) is 4.98 Å². The molecule has 4 aliphatic rings. The number of nitrogens with zero attached hydrogens (tertiary/aromatic N) is 2. The van der Waals surface area contributed by atoms with Gasteiger partial charge in [0.25, 0.3) is 0 Å². The first kappa shape index (κ1) is 12.4. The van der Waals surface area contributed by atoms with E-state index in [9.17, 15) is 0 Å². The van der Waals surface area contributed by atoms with Crippen molar-refractivity contribution < 1.29 is 4.74 Å². The molecule has 4 bridgehead atoms. The van der Waals surface area contributed by atoms with Gasteiger partial charge in [-0.05, 0) is 63.2 Å². The summed E-state index contributed by atoms with van der Waals surface area (Å²) in [6.07, 6.45) is 8.19. The summed E-state index contributed by atoms with van der Waals surface area (Å²) in [5.74, 6) is 3.73. The Morgan fingerprint density at radius 2 is 1.60 bits per heavy atom. The summed E-state index contributed by atoms with van der Waals surface area (Å²) >= 11 is 0. The van der Waals surface area contributed by atoms with Crippen molar-refractivity contribution in [3.05, 3.63) is 11.3 Å². The minimum absolute atomic E-state index is 0.253. The molecule has 0 atom stereocenters. The molecule has 0 aromatic carbocycles. The number of ether oxygens (including phenoxy) is 1. The van der Waals surface area contributed by atoms with E-state index in [-0.39, 0.29) is 5.41 Å². The Labute approximate surface area is 120 Å². The van der Waals surface area contributed by atoms with Crippen LogP contribution in [-0.4, -0.2) is 17.1 Å². The first-order valence-electron chi connectivity index (χ1n) is 7.78. The van der Waals surface area contributed by atoms with Crippen LogP contribution in [0.25, 0.3) is 0 Å². The van der Waals surface area contributed by atoms with Crippen molar-refractivity contribution >= 4 is 5.95 Å². The highest BCUT2D eigenvalue weighted by Crippen LogP contribution is 2.61. The lowest BCUT2D eigenvalue weighted by Gasteiger charge is -2.56. The Bertz CT molecular complexity index is 520. The smallest absolute Gasteiger partial charge is 0.223 e. The first-order chi connectivity index (χ1) is 9.59. The minimum atomic E-state index is 0.253. The molecule has 0 spiro atoms. The highest BCUT2D eigenvalue weighted by Gasteiger charge is 2.53. The van der Waals surface area contributed by atoms with Gasteiger partial charge in [0, 0.05) is 11.0 Å². The average molecular weight is 273 g/mol. The van der Waals surface area contributed by atoms with Crippen LogP contribution in [0.4, 0.5) is 5.95 Å². The SMILES string of the molecule is COc1nc(N)nc(C23CC4CC(CC(C4)C2)C3)c1C. The zero-order valence-electron chi connectivity index (χ0n) is 12.4. The predicted molar refractivity (Wildman–Crippen MR) is 77.6 cm³/mol. The van der Waals surface area contributed by atoms with E-state index < -0.39 is 0 Å². The van der Waals surface area contributed by atoms with E-state index in [1.165, 1.54) is 44.2 Å². The average Bonchev–Trinajstić information content (AvgIpc) is 2.39. The van der Waals surface area contributed by atoms with Gasteiger partial charge in [-0.15, -0.1) is 0 Å². The van der Waals surface area contributed by atoms with E-state index >= 15 is 0 Å². The van der Waals surface area contributed by atoms with Gasteiger partial charge in [0.15, 0.2) is 0 Å². The minimum Gasteiger partial charge on any atom is -0.481 e. The summed E-state index contributed by atoms with van der Waals surface area (Å²) in [5, 5.41) is 0. The molecule has 4 saturated carbocycles. The van der Waals surface area contributed by atoms with Crippen molar-refractivity contribution in [2.75, 3.05) is 12.8 Å². The van der Waals surface area contributed by atoms with Gasteiger partial charge in [-0.2, -0.15) is 4.98 Å². The molecule has 1 aromatic rings. The second kappa shape index (κ2) is 4.09. The third-order valence-electron chi connectivity index (χ3n) is 5.85. The van der Waals surface area contributed by atoms with E-state index in [1.54, 1.807) is 7.11 Å². The molecule has 5 rings (SSSR count). The lowest BCUT2D eigenvalue weighted by atomic mass is 9.48. The fraction of sp³-hybridized carbons (Fsp3) is 0.750. The fourth-order valence-corrected chi connectivity index (χ4v) is 5.63. The summed E-state index contributed by atoms with van der Waals surface area (Å²) in [6, 6.07) is 0. The van der Waals surface area contributed by atoms with Gasteiger partial charge in [0.05, 0.1) is 12.8 Å². The standard InChI is InChI=1S/C16H23N3O/c1-9-13(18-15(17)19-14(9)20-2)16-6-10-3-11(7-16)5-12(4-10)8-16/h10-12H,3-8H2,1-2H3,(H2,17,18,19). The summed E-state index contributed by atoms with van der Waals surface area (Å²) in [7, 11) is 1.66. The van der Waals surface area contributed by atoms with Crippen LogP contribution in [0.2, 0.25) is 0 Å². The Morgan fingerprint density at radius 1 is 1.05 bits per heavy atom. The zero-order chi connectivity index (χ0) is 13.9. The van der Waals surface area contributed by atoms with Crippen molar-refractivity contribution in [3.8, 4) is 5.88 Å². The summed E-state index contributed by atoms with van der Waals surface area (Å²) in [6.45, 7) is 2.09. The normalized spacial score (nSPS) is 38.2. The lowest BCUT2D eigenvalue weighted by molar-refractivity contribution is -0.00762. The highest BCUT2D eigenvalue weighted by atomic mass is 16.5. The lowest BCUT2D eigenvalue weighted by Crippen LogP contribution is -2.49. The molecular formula is C16H23N3O. The summed E-state index contributed by atoms with van der Waals surface area (Å²) in [4.78, 5) is 8.88. The molecule has 2 N–H and O–H groups in total. The van der Waals surface area contributed by atoms with Gasteiger partial charge in [0.1, 0.15) is 0 Å². The van der Waals surface area contributed by atoms with E-state index in [1.807, 2.05) is 0 Å². The number of nitrogen functional groups attached to an aromatic ring is 1. The molecular weight excluding hydrogens is 250 g/mol. The molecule has 0 saturated heterocycles. The van der Waals surface area contributed by atoms with Crippen molar-refractivity contribution in [3.63, 3.8) is 0 Å². The number of rotatable bonds is 2. The molecule has 0 unspecified atom stereocenters. The van der Waals surface area contributed by atoms with Crippen molar-refractivity contribution in [2.24, 2.45) is 17.8 Å². The third-order valence-corrected chi connectivity index (χ3v) is 5.85. The number of methoxy groups -OCH3 is 1. The second-order valence-corrected chi connectivity index (χ2v) is 7.26. The maximum Gasteiger partial charge on any atom is 0.223 e. The molecule has 4 nitrogen and oxygen atoms in total. The number of nitrogens with two attached hydrogens (primary N) is 1. The second-order valence-electron chi connectivity index (χ2n) is 7.26. The van der Waals surface area contributed by atoms with Crippen LogP contribution in [-0.2, 0) is 5.41 Å². The van der Waals surface area contributed by atoms with Crippen LogP contribution in [0.3, 0.4) is 0 Å². The first-order valence-corrected chi connectivity index (χ1v) is 7.78. The molecule has 20 heavy (non-hydrogen) atoms. The quantitative estimate of drug-likeness (QED) is 0.900. The number of hydrogen-bond donors (Lipinski definition) is 1. The summed E-state index contributed by atoms with van der Waals surface area (Å²) < 4.78 is 5.40. The Morgan fingerprint density at radius 3 is 2.10 bits per heavy atom. The van der Waals surface area contributed by atoms with E-state index in [2.05, 4.69) is 16.9 Å². The van der Waals surface area contributed by atoms with Crippen LogP contribution in [0, 0.1) is 24.7 Å². The monoisotopic (exact) mass is 273 g/mol. The Kier molecular flexibility index (Phi) is 2.54. The molecule has 0 amide bonds. The van der Waals surface area contributed by atoms with E-state index in [0.29, 0.717) is 11.8 Å². The molecule has 1 aromatic heterocycles. The van der Waals surface area contributed by atoms with Crippen molar-refractivity contribution in [1.82, 2.24) is 9.97 Å². The van der Waals surface area contributed by atoms with Crippen LogP contribution in [0.1, 0.15) is 49.8 Å². The fourth-order valence-electron chi connectivity index (χ4n) is 5.63. The van der Waals surface area contributed by atoms with Gasteiger partial charge in [-0.1, -0.05) is 0 Å². The van der Waals surface area contributed by atoms with Crippen molar-refractivity contribution in [2.45, 2.75) is 50.9 Å². The number of hydrogen-bond acceptors (Lipinski definition) is 4.